The van der Waals surface area contributed by atoms with Crippen molar-refractivity contribution in [3.8, 4) is 27.0 Å². The van der Waals surface area contributed by atoms with E-state index in [-0.39, 0.29) is 0 Å². The smallest absolute Gasteiger partial charge is 0.216 e. The molecule has 2 aromatic heterocycles. The molecule has 0 aliphatic carbocycles. The third-order valence-electron chi connectivity index (χ3n) is 3.00. The van der Waals surface area contributed by atoms with E-state index in [2.05, 4.69) is 27.1 Å². The highest BCUT2D eigenvalue weighted by atomic mass is 32.1. The average Bonchev–Trinajstić information content (AvgIpc) is 3.00. The quantitative estimate of drug-likeness (QED) is 0.801. The molecule has 0 unspecified atom stereocenters. The van der Waals surface area contributed by atoms with Gasteiger partial charge < -0.3 is 10.5 Å². The maximum absolute atomic E-state index is 5.82. The number of nitrogens with zero attached hydrogens (tertiary/aromatic N) is 3. The molecular weight excluding hydrogens is 284 g/mol. The van der Waals surface area contributed by atoms with Crippen LogP contribution in [0.5, 0.6) is 5.88 Å². The number of aromatic nitrogens is 3. The van der Waals surface area contributed by atoms with Gasteiger partial charge in [0.05, 0.1) is 17.7 Å². The number of rotatable bonds is 4. The Balaban J connectivity index is 2.07. The Morgan fingerprint density at radius 1 is 1.19 bits per heavy atom. The van der Waals surface area contributed by atoms with Crippen molar-refractivity contribution in [2.24, 2.45) is 5.73 Å². The fraction of sp³-hybridized carbons (Fsp3) is 0.133. The number of thiazole rings is 1. The van der Waals surface area contributed by atoms with Gasteiger partial charge in [0.25, 0.3) is 0 Å². The highest BCUT2D eigenvalue weighted by Crippen LogP contribution is 2.35. The molecule has 3 aromatic rings. The second-order valence-corrected chi connectivity index (χ2v) is 5.31. The number of methoxy groups -OCH3 is 1. The van der Waals surface area contributed by atoms with Gasteiger partial charge in [0.1, 0.15) is 17.0 Å². The summed E-state index contributed by atoms with van der Waals surface area (Å²) in [5.74, 6) is 0.519. The van der Waals surface area contributed by atoms with Gasteiger partial charge in [-0.05, 0) is 5.56 Å². The summed E-state index contributed by atoms with van der Waals surface area (Å²) < 4.78 is 5.13. The van der Waals surface area contributed by atoms with Crippen LogP contribution in [0.3, 0.4) is 0 Å². The molecule has 0 saturated heterocycles. The van der Waals surface area contributed by atoms with E-state index in [0.717, 1.165) is 26.8 Å². The molecule has 0 spiro atoms. The molecule has 0 saturated carbocycles. The minimum absolute atomic E-state index is 0.392. The largest absolute Gasteiger partial charge is 0.481 e. The van der Waals surface area contributed by atoms with E-state index in [1.807, 2.05) is 18.2 Å². The zero-order valence-corrected chi connectivity index (χ0v) is 12.3. The molecule has 3 rings (SSSR count). The Hall–Kier alpha value is -2.31. The number of benzene rings is 1. The number of ether oxygens (including phenoxy) is 1. The van der Waals surface area contributed by atoms with E-state index in [9.17, 15) is 0 Å². The van der Waals surface area contributed by atoms with Gasteiger partial charge in [0.2, 0.25) is 5.88 Å². The van der Waals surface area contributed by atoms with Gasteiger partial charge in [-0.1, -0.05) is 30.3 Å². The van der Waals surface area contributed by atoms with Crippen LogP contribution in [-0.2, 0) is 6.54 Å². The monoisotopic (exact) mass is 298 g/mol. The fourth-order valence-corrected chi connectivity index (χ4v) is 3.05. The molecule has 0 fully saturated rings. The highest BCUT2D eigenvalue weighted by molar-refractivity contribution is 7.18. The van der Waals surface area contributed by atoms with Crippen LogP contribution in [0.4, 0.5) is 0 Å². The lowest BCUT2D eigenvalue weighted by molar-refractivity contribution is 0.397. The Morgan fingerprint density at radius 3 is 2.71 bits per heavy atom. The Morgan fingerprint density at radius 2 is 2.00 bits per heavy atom. The summed E-state index contributed by atoms with van der Waals surface area (Å²) in [6, 6.07) is 11.9. The third kappa shape index (κ3) is 2.76. The van der Waals surface area contributed by atoms with Crippen LogP contribution >= 0.6 is 11.3 Å². The summed E-state index contributed by atoms with van der Waals surface area (Å²) in [5, 5.41) is 0.815. The zero-order chi connectivity index (χ0) is 14.7. The molecule has 1 aromatic carbocycles. The normalized spacial score (nSPS) is 10.6. The van der Waals surface area contributed by atoms with E-state index in [0.29, 0.717) is 12.4 Å². The molecule has 2 N–H and O–H groups in total. The topological polar surface area (TPSA) is 73.9 Å². The minimum atomic E-state index is 0.392. The summed E-state index contributed by atoms with van der Waals surface area (Å²) in [4.78, 5) is 13.9. The van der Waals surface area contributed by atoms with Crippen LogP contribution in [0.15, 0.2) is 42.7 Å². The summed E-state index contributed by atoms with van der Waals surface area (Å²) >= 11 is 1.57. The minimum Gasteiger partial charge on any atom is -0.481 e. The van der Waals surface area contributed by atoms with Crippen molar-refractivity contribution in [1.29, 1.82) is 0 Å². The van der Waals surface area contributed by atoms with Gasteiger partial charge in [0, 0.05) is 12.6 Å². The van der Waals surface area contributed by atoms with Crippen LogP contribution in [0.25, 0.3) is 21.1 Å². The number of hydrogen-bond donors (Lipinski definition) is 1. The van der Waals surface area contributed by atoms with E-state index >= 15 is 0 Å². The van der Waals surface area contributed by atoms with Crippen LogP contribution in [0, 0.1) is 0 Å². The second kappa shape index (κ2) is 5.99. The molecule has 106 valence electrons. The van der Waals surface area contributed by atoms with Crippen molar-refractivity contribution < 1.29 is 4.74 Å². The molecule has 6 heteroatoms. The number of hydrogen-bond acceptors (Lipinski definition) is 6. The molecule has 5 nitrogen and oxygen atoms in total. The van der Waals surface area contributed by atoms with Crippen LogP contribution < -0.4 is 10.5 Å². The molecule has 0 amide bonds. The SMILES string of the molecule is COc1cc(-c2nc(CN)c(-c3ccccc3)s2)ncn1. The third-order valence-corrected chi connectivity index (χ3v) is 4.17. The van der Waals surface area contributed by atoms with Gasteiger partial charge >= 0.3 is 0 Å². The Labute approximate surface area is 126 Å². The highest BCUT2D eigenvalue weighted by Gasteiger charge is 2.14. The first-order valence-corrected chi connectivity index (χ1v) is 7.25. The van der Waals surface area contributed by atoms with Crippen LogP contribution in [0.1, 0.15) is 5.69 Å². The lowest BCUT2D eigenvalue weighted by Gasteiger charge is -1.99. The lowest BCUT2D eigenvalue weighted by Crippen LogP contribution is -1.98. The van der Waals surface area contributed by atoms with E-state index in [4.69, 9.17) is 10.5 Å². The molecule has 0 bridgehead atoms. The first-order chi connectivity index (χ1) is 10.3. The summed E-state index contributed by atoms with van der Waals surface area (Å²) in [6.45, 7) is 0.392. The molecule has 0 aliphatic rings. The Bertz CT molecular complexity index is 742. The van der Waals surface area contributed by atoms with Gasteiger partial charge in [-0.15, -0.1) is 11.3 Å². The average molecular weight is 298 g/mol. The summed E-state index contributed by atoms with van der Waals surface area (Å²) in [7, 11) is 1.58. The van der Waals surface area contributed by atoms with Crippen molar-refractivity contribution in [3.05, 3.63) is 48.4 Å². The van der Waals surface area contributed by atoms with Gasteiger partial charge in [-0.3, -0.25) is 0 Å². The first-order valence-electron chi connectivity index (χ1n) is 6.43. The van der Waals surface area contributed by atoms with E-state index < -0.39 is 0 Å². The zero-order valence-electron chi connectivity index (χ0n) is 11.5. The maximum Gasteiger partial charge on any atom is 0.216 e. The van der Waals surface area contributed by atoms with Crippen molar-refractivity contribution in [2.45, 2.75) is 6.54 Å². The Kier molecular flexibility index (Phi) is 3.89. The maximum atomic E-state index is 5.82. The van der Waals surface area contributed by atoms with E-state index in [1.165, 1.54) is 6.33 Å². The molecule has 0 atom stereocenters. The van der Waals surface area contributed by atoms with Gasteiger partial charge in [-0.25, -0.2) is 15.0 Å². The van der Waals surface area contributed by atoms with Crippen LogP contribution in [0.2, 0.25) is 0 Å². The standard InChI is InChI=1S/C15H14N4OS/c1-20-13-7-11(17-9-18-13)15-19-12(8-16)14(21-15)10-5-3-2-4-6-10/h2-7,9H,8,16H2,1H3. The fourth-order valence-electron chi connectivity index (χ4n) is 1.98. The van der Waals surface area contributed by atoms with Crippen molar-refractivity contribution in [2.75, 3.05) is 7.11 Å². The molecular formula is C15H14N4OS. The number of nitrogens with two attached hydrogens (primary N) is 1. The van der Waals surface area contributed by atoms with Gasteiger partial charge in [-0.2, -0.15) is 0 Å². The first kappa shape index (κ1) is 13.7. The summed E-state index contributed by atoms with van der Waals surface area (Å²) in [6.07, 6.45) is 1.47. The predicted octanol–water partition coefficient (Wildman–Crippen LogP) is 2.73. The molecule has 0 radical (unpaired) electrons. The van der Waals surface area contributed by atoms with Gasteiger partial charge in [0.15, 0.2) is 0 Å². The molecule has 0 aliphatic heterocycles. The van der Waals surface area contributed by atoms with Crippen molar-refractivity contribution >= 4 is 11.3 Å². The summed E-state index contributed by atoms with van der Waals surface area (Å²) in [5.41, 5.74) is 8.55. The van der Waals surface area contributed by atoms with Crippen molar-refractivity contribution in [1.82, 2.24) is 15.0 Å². The van der Waals surface area contributed by atoms with Crippen LogP contribution in [-0.4, -0.2) is 22.1 Å². The van der Waals surface area contributed by atoms with Crippen molar-refractivity contribution in [3.63, 3.8) is 0 Å². The molecule has 21 heavy (non-hydrogen) atoms. The lowest BCUT2D eigenvalue weighted by atomic mass is 10.1. The molecule has 2 heterocycles. The predicted molar refractivity (Wildman–Crippen MR) is 83.0 cm³/mol. The second-order valence-electron chi connectivity index (χ2n) is 4.31. The van der Waals surface area contributed by atoms with E-state index in [1.54, 1.807) is 24.5 Å².